The highest BCUT2D eigenvalue weighted by molar-refractivity contribution is 6.07. The van der Waals surface area contributed by atoms with E-state index in [-0.39, 0.29) is 35.5 Å². The normalized spacial score (nSPS) is 15.1. The molecule has 0 spiro atoms. The lowest BCUT2D eigenvalue weighted by Gasteiger charge is -2.34. The lowest BCUT2D eigenvalue weighted by atomic mass is 9.83. The van der Waals surface area contributed by atoms with Gasteiger partial charge in [-0.25, -0.2) is 21.9 Å². The molecule has 4 heterocycles. The summed E-state index contributed by atoms with van der Waals surface area (Å²) in [4.78, 5) is 105. The largest absolute Gasteiger partial charge is 0.338 e. The molecule has 2 atom stereocenters. The van der Waals surface area contributed by atoms with Gasteiger partial charge in [-0.05, 0) is 185 Å². The molecule has 20 heteroatoms. The van der Waals surface area contributed by atoms with E-state index in [0.717, 1.165) is 92.1 Å². The highest BCUT2D eigenvalue weighted by Gasteiger charge is 2.36. The summed E-state index contributed by atoms with van der Waals surface area (Å²) in [7, 11) is 0. The molecule has 0 saturated heterocycles. The van der Waals surface area contributed by atoms with E-state index in [2.05, 4.69) is 12.1 Å². The molecule has 20 nitrogen and oxygen atoms in total. The van der Waals surface area contributed by atoms with E-state index in [4.69, 9.17) is 20.8 Å². The lowest BCUT2D eigenvalue weighted by molar-refractivity contribution is -0.135. The monoisotopic (exact) mass is 1340 g/mol. The number of aryl methyl sites for hydroxylation is 1. The van der Waals surface area contributed by atoms with Gasteiger partial charge in [-0.3, -0.25) is 59.2 Å². The van der Waals surface area contributed by atoms with Crippen LogP contribution in [-0.2, 0) is 66.2 Å². The number of hydroxylamine groups is 4. The number of carbonyl (C=O) groups is 8. The van der Waals surface area contributed by atoms with Gasteiger partial charge in [0.25, 0.3) is 29.5 Å². The molecule has 2 unspecified atom stereocenters. The summed E-state index contributed by atoms with van der Waals surface area (Å²) < 4.78 is 0. The minimum absolute atomic E-state index is 0.0182. The van der Waals surface area contributed by atoms with Crippen LogP contribution in [0.5, 0.6) is 0 Å². The maximum absolute atomic E-state index is 13.5. The predicted molar refractivity (Wildman–Crippen MR) is 373 cm³/mol. The number of hydrogen-bond acceptors (Lipinski definition) is 12. The van der Waals surface area contributed by atoms with Crippen LogP contribution in [0.4, 0.5) is 0 Å². The molecule has 8 aromatic carbocycles. The van der Waals surface area contributed by atoms with Crippen LogP contribution in [0.15, 0.2) is 170 Å². The van der Waals surface area contributed by atoms with Gasteiger partial charge in [-0.1, -0.05) is 148 Å². The summed E-state index contributed by atoms with van der Waals surface area (Å²) in [6, 6.07) is 53.3. The third kappa shape index (κ3) is 17.5. The zero-order valence-electron chi connectivity index (χ0n) is 56.3. The Hall–Kier alpha value is -10.4. The molecule has 0 radical (unpaired) electrons. The fourth-order valence-corrected chi connectivity index (χ4v) is 13.9. The van der Waals surface area contributed by atoms with Gasteiger partial charge in [0.05, 0.1) is 11.8 Å². The first kappa shape index (κ1) is 71.4. The molecule has 5 aliphatic rings. The molecule has 0 aromatic heterocycles. The summed E-state index contributed by atoms with van der Waals surface area (Å²) in [5, 5.41) is 37.0. The highest BCUT2D eigenvalue weighted by atomic mass is 16.5. The van der Waals surface area contributed by atoms with Crippen molar-refractivity contribution in [3.05, 3.63) is 259 Å². The quantitative estimate of drug-likeness (QED) is 0.0419. The maximum Gasteiger partial charge on any atom is 0.274 e. The van der Waals surface area contributed by atoms with E-state index >= 15 is 0 Å². The first-order valence-electron chi connectivity index (χ1n) is 33.8. The van der Waals surface area contributed by atoms with Crippen LogP contribution in [0.25, 0.3) is 10.8 Å². The van der Waals surface area contributed by atoms with E-state index in [0.29, 0.717) is 111 Å². The second kappa shape index (κ2) is 33.2. The van der Waals surface area contributed by atoms with Crippen molar-refractivity contribution in [1.82, 2.24) is 41.5 Å². The molecular formula is C79H86N8O12. The summed E-state index contributed by atoms with van der Waals surface area (Å²) in [5.41, 5.74) is 20.8. The first-order chi connectivity index (χ1) is 47.8. The third-order valence-electron chi connectivity index (χ3n) is 19.4. The van der Waals surface area contributed by atoms with Crippen molar-refractivity contribution in [3.63, 3.8) is 0 Å². The zero-order valence-corrected chi connectivity index (χ0v) is 56.3. The van der Waals surface area contributed by atoms with Crippen LogP contribution in [0.2, 0.25) is 0 Å². The molecular weight excluding hydrogens is 1250 g/mol. The Balaban J connectivity index is 0.000000144. The van der Waals surface area contributed by atoms with Crippen molar-refractivity contribution in [3.8, 4) is 0 Å². The second-order valence-corrected chi connectivity index (χ2v) is 26.4. The van der Waals surface area contributed by atoms with Gasteiger partial charge in [-0.15, -0.1) is 0 Å². The van der Waals surface area contributed by atoms with Gasteiger partial charge in [0.15, 0.2) is 0 Å². The van der Waals surface area contributed by atoms with Crippen LogP contribution < -0.4 is 21.9 Å². The Kier molecular flexibility index (Phi) is 24.0. The topological polar surface area (TPSA) is 279 Å². The fourth-order valence-electron chi connectivity index (χ4n) is 13.9. The Morgan fingerprint density at radius 2 is 0.828 bits per heavy atom. The number of nitrogens with one attached hydrogen (secondary N) is 4. The number of fused-ring (bicyclic) bond motifs is 5. The second-order valence-electron chi connectivity index (χ2n) is 26.4. The SMILES string of the molecule is CC(C)CC(=O)N1CCc2cc(C(=O)NO)ccc2C1.Cc1ccc(C(C)C(=O)N2CCc3cc(C(=O)NO)ccc3C2)cc1.O=C(NO)c1ccc2c(c1)CCN(C(=O)C(c1ccccc1)C1CCCC1)C2.O=C(NO)c1ccc2c(c1)CCN(C(=O)c1cccc3ccccc13)C2. The Morgan fingerprint density at radius 3 is 1.29 bits per heavy atom. The van der Waals surface area contributed by atoms with Gasteiger partial charge in [-0.2, -0.15) is 0 Å². The van der Waals surface area contributed by atoms with Crippen molar-refractivity contribution < 1.29 is 59.2 Å². The van der Waals surface area contributed by atoms with Gasteiger partial charge in [0.1, 0.15) is 0 Å². The standard InChI is InChI=1S/C23H26N2O3.C21H18N2O3.C20H22N2O3.C15H20N2O3/c26-22(24-28)19-10-11-20-15-25(13-12-18(20)14-19)23(27)21(17-8-4-5-9-17)16-6-2-1-3-7-16;24-20(22-26)16-8-9-17-13-23(11-10-15(17)12-16)21(25)19-7-3-5-14-4-1-2-6-18(14)19;1-13-3-5-15(6-4-13)14(2)20(24)22-10-9-16-11-17(19(23)21-25)7-8-18(16)12-22;1-10(2)7-14(18)17-6-5-11-8-12(15(19)16-20)3-4-13(11)9-17/h1-3,6-7,10-11,14,17,21,28H,4-5,8-9,12-13,15H2,(H,24,26);1-9,12,26H,10-11,13H2,(H,22,24);3-8,11,14,25H,9-10,12H2,1-2H3,(H,21,23);3-4,8,10,20H,5-7,9H2,1-2H3,(H,16,19). The molecule has 8 N–H and O–H groups in total. The summed E-state index contributed by atoms with van der Waals surface area (Å²) in [6.07, 6.45) is 8.07. The molecule has 8 amide bonds. The number of hydrogen-bond donors (Lipinski definition) is 8. The summed E-state index contributed by atoms with van der Waals surface area (Å²) in [6.45, 7) is 12.8. The molecule has 13 rings (SSSR count). The smallest absolute Gasteiger partial charge is 0.274 e. The van der Waals surface area contributed by atoms with E-state index in [1.807, 2.05) is 163 Å². The minimum Gasteiger partial charge on any atom is -0.338 e. The number of rotatable bonds is 12. The average Bonchev–Trinajstić information content (AvgIpc) is 0.829. The zero-order chi connectivity index (χ0) is 70.3. The van der Waals surface area contributed by atoms with E-state index in [1.165, 1.54) is 18.4 Å². The van der Waals surface area contributed by atoms with Gasteiger partial charge < -0.3 is 19.6 Å². The summed E-state index contributed by atoms with van der Waals surface area (Å²) >= 11 is 0. The Morgan fingerprint density at radius 1 is 0.424 bits per heavy atom. The number of nitrogens with zero attached hydrogens (tertiary/aromatic N) is 4. The van der Waals surface area contributed by atoms with Crippen molar-refractivity contribution in [1.29, 1.82) is 0 Å². The van der Waals surface area contributed by atoms with Crippen LogP contribution in [0.3, 0.4) is 0 Å². The maximum atomic E-state index is 13.5. The van der Waals surface area contributed by atoms with E-state index < -0.39 is 23.6 Å². The number of benzene rings is 8. The number of carbonyl (C=O) groups excluding carboxylic acids is 8. The average molecular weight is 1340 g/mol. The fraction of sp³-hybridized carbons (Fsp3) is 0.316. The molecule has 1 saturated carbocycles. The predicted octanol–water partition coefficient (Wildman–Crippen LogP) is 11.4. The molecule has 1 aliphatic carbocycles. The molecule has 0 bridgehead atoms. The van der Waals surface area contributed by atoms with Gasteiger partial charge in [0.2, 0.25) is 17.7 Å². The Bertz CT molecular complexity index is 4260. The van der Waals surface area contributed by atoms with Gasteiger partial charge >= 0.3 is 0 Å². The highest BCUT2D eigenvalue weighted by Crippen LogP contribution is 2.40. The van der Waals surface area contributed by atoms with Crippen molar-refractivity contribution in [2.75, 3.05) is 26.2 Å². The summed E-state index contributed by atoms with van der Waals surface area (Å²) in [5.74, 6) is -0.980. The van der Waals surface area contributed by atoms with Crippen LogP contribution in [-0.4, -0.2) is 114 Å². The van der Waals surface area contributed by atoms with Crippen LogP contribution >= 0.6 is 0 Å². The minimum atomic E-state index is -0.526. The van der Waals surface area contributed by atoms with Crippen molar-refractivity contribution in [2.24, 2.45) is 11.8 Å². The van der Waals surface area contributed by atoms with Crippen LogP contribution in [0, 0.1) is 18.8 Å². The molecule has 1 fully saturated rings. The van der Waals surface area contributed by atoms with E-state index in [1.54, 1.807) is 64.4 Å². The first-order valence-corrected chi connectivity index (χ1v) is 33.8. The molecule has 4 aliphatic heterocycles. The Labute approximate surface area is 576 Å². The lowest BCUT2D eigenvalue weighted by Crippen LogP contribution is -2.40. The van der Waals surface area contributed by atoms with Gasteiger partial charge in [0, 0.05) is 86.6 Å². The molecule has 514 valence electrons. The molecule has 8 aromatic rings. The van der Waals surface area contributed by atoms with Crippen LogP contribution in [0.1, 0.15) is 178 Å². The van der Waals surface area contributed by atoms with E-state index in [9.17, 15) is 38.4 Å². The van der Waals surface area contributed by atoms with Crippen molar-refractivity contribution >= 4 is 58.0 Å². The third-order valence-corrected chi connectivity index (χ3v) is 19.4. The number of amides is 8. The van der Waals surface area contributed by atoms with Crippen molar-refractivity contribution in [2.45, 2.75) is 123 Å². The molecule has 99 heavy (non-hydrogen) atoms.